The van der Waals surface area contributed by atoms with E-state index in [0.29, 0.717) is 18.3 Å². The fraction of sp³-hybridized carbons (Fsp3) is 0.929. The molecule has 0 radical (unpaired) electrons. The van der Waals surface area contributed by atoms with Gasteiger partial charge in [-0.15, -0.1) is 0 Å². The molecule has 1 N–H and O–H groups in total. The van der Waals surface area contributed by atoms with E-state index in [1.807, 2.05) is 13.8 Å². The van der Waals surface area contributed by atoms with Gasteiger partial charge in [-0.2, -0.15) is 0 Å². The van der Waals surface area contributed by atoms with E-state index >= 15 is 0 Å². The molecular weight excluding hydrogens is 214 g/mol. The van der Waals surface area contributed by atoms with Crippen molar-refractivity contribution < 1.29 is 9.53 Å². The number of carbonyl (C=O) groups excluding carboxylic acids is 1. The van der Waals surface area contributed by atoms with Gasteiger partial charge in [0.1, 0.15) is 0 Å². The third kappa shape index (κ3) is 10.3. The van der Waals surface area contributed by atoms with Gasteiger partial charge in [0.05, 0.1) is 12.0 Å². The van der Waals surface area contributed by atoms with Crippen molar-refractivity contribution in [3.8, 4) is 0 Å². The number of amides is 1. The number of hydrogen-bond acceptors (Lipinski definition) is 2. The summed E-state index contributed by atoms with van der Waals surface area (Å²) in [4.78, 5) is 11.7. The third-order valence-corrected chi connectivity index (χ3v) is 2.48. The van der Waals surface area contributed by atoms with Gasteiger partial charge in [0.15, 0.2) is 0 Å². The summed E-state index contributed by atoms with van der Waals surface area (Å²) in [5.74, 6) is 1.21. The Morgan fingerprint density at radius 1 is 1.18 bits per heavy atom. The predicted octanol–water partition coefficient (Wildman–Crippen LogP) is 2.99. The highest BCUT2D eigenvalue weighted by Crippen LogP contribution is 2.15. The summed E-state index contributed by atoms with van der Waals surface area (Å²) in [6, 6.07) is 0. The molecule has 0 unspecified atom stereocenters. The number of rotatable bonds is 8. The van der Waals surface area contributed by atoms with Crippen LogP contribution in [-0.4, -0.2) is 24.7 Å². The second kappa shape index (κ2) is 7.70. The van der Waals surface area contributed by atoms with E-state index in [0.717, 1.165) is 19.6 Å². The molecule has 102 valence electrons. The molecule has 0 atom stereocenters. The van der Waals surface area contributed by atoms with Gasteiger partial charge in [-0.3, -0.25) is 4.79 Å². The Labute approximate surface area is 106 Å². The highest BCUT2D eigenvalue weighted by Gasteiger charge is 2.22. The Morgan fingerprint density at radius 3 is 2.24 bits per heavy atom. The monoisotopic (exact) mass is 243 g/mol. The van der Waals surface area contributed by atoms with Crippen molar-refractivity contribution in [3.63, 3.8) is 0 Å². The first-order valence-corrected chi connectivity index (χ1v) is 6.63. The molecule has 3 heteroatoms. The van der Waals surface area contributed by atoms with E-state index in [1.165, 1.54) is 0 Å². The summed E-state index contributed by atoms with van der Waals surface area (Å²) in [7, 11) is 0. The van der Waals surface area contributed by atoms with Crippen LogP contribution in [0.2, 0.25) is 0 Å². The molecule has 0 aromatic heterocycles. The highest BCUT2D eigenvalue weighted by molar-refractivity contribution is 5.76. The molecule has 0 aliphatic carbocycles. The van der Waals surface area contributed by atoms with Gasteiger partial charge < -0.3 is 10.1 Å². The minimum atomic E-state index is -0.365. The summed E-state index contributed by atoms with van der Waals surface area (Å²) in [6.07, 6.45) is 1.47. The standard InChI is InChI=1S/C14H29NO2/c1-11(2)7-8-17-14(5,6)9-13(16)15-10-12(3)4/h11-12H,7-10H2,1-6H3,(H,15,16). The van der Waals surface area contributed by atoms with E-state index in [2.05, 4.69) is 33.0 Å². The zero-order chi connectivity index (χ0) is 13.5. The molecular formula is C14H29NO2. The van der Waals surface area contributed by atoms with Crippen LogP contribution in [-0.2, 0) is 9.53 Å². The molecule has 0 fully saturated rings. The Kier molecular flexibility index (Phi) is 7.44. The summed E-state index contributed by atoms with van der Waals surface area (Å²) in [6.45, 7) is 13.9. The average molecular weight is 243 g/mol. The zero-order valence-electron chi connectivity index (χ0n) is 12.3. The van der Waals surface area contributed by atoms with Gasteiger partial charge in [-0.1, -0.05) is 27.7 Å². The van der Waals surface area contributed by atoms with Gasteiger partial charge >= 0.3 is 0 Å². The quantitative estimate of drug-likeness (QED) is 0.711. The fourth-order valence-corrected chi connectivity index (χ4v) is 1.39. The minimum Gasteiger partial charge on any atom is -0.375 e. The van der Waals surface area contributed by atoms with E-state index in [-0.39, 0.29) is 11.5 Å². The van der Waals surface area contributed by atoms with Crippen molar-refractivity contribution >= 4 is 5.91 Å². The summed E-state index contributed by atoms with van der Waals surface area (Å²) < 4.78 is 5.76. The SMILES string of the molecule is CC(C)CCOC(C)(C)CC(=O)NCC(C)C. The lowest BCUT2D eigenvalue weighted by molar-refractivity contribution is -0.127. The Hall–Kier alpha value is -0.570. The molecule has 0 aliphatic rings. The number of nitrogens with one attached hydrogen (secondary N) is 1. The second-order valence-electron chi connectivity index (χ2n) is 6.17. The second-order valence-corrected chi connectivity index (χ2v) is 6.17. The van der Waals surface area contributed by atoms with Gasteiger partial charge in [0.2, 0.25) is 5.91 Å². The molecule has 0 bridgehead atoms. The first kappa shape index (κ1) is 16.4. The molecule has 0 saturated heterocycles. The van der Waals surface area contributed by atoms with Crippen molar-refractivity contribution in [1.29, 1.82) is 0 Å². The van der Waals surface area contributed by atoms with Crippen LogP contribution in [0.5, 0.6) is 0 Å². The number of ether oxygens (including phenoxy) is 1. The fourth-order valence-electron chi connectivity index (χ4n) is 1.39. The molecule has 17 heavy (non-hydrogen) atoms. The van der Waals surface area contributed by atoms with Crippen LogP contribution < -0.4 is 5.32 Å². The van der Waals surface area contributed by atoms with Gasteiger partial charge in [-0.25, -0.2) is 0 Å². The zero-order valence-corrected chi connectivity index (χ0v) is 12.3. The summed E-state index contributed by atoms with van der Waals surface area (Å²) in [5, 5.41) is 2.92. The van der Waals surface area contributed by atoms with Crippen molar-refractivity contribution in [1.82, 2.24) is 5.32 Å². The van der Waals surface area contributed by atoms with Crippen molar-refractivity contribution in [2.75, 3.05) is 13.2 Å². The molecule has 0 saturated carbocycles. The van der Waals surface area contributed by atoms with Crippen LogP contribution in [0, 0.1) is 11.8 Å². The van der Waals surface area contributed by atoms with Crippen molar-refractivity contribution in [2.24, 2.45) is 11.8 Å². The lowest BCUT2D eigenvalue weighted by Crippen LogP contribution is -2.36. The maximum Gasteiger partial charge on any atom is 0.222 e. The van der Waals surface area contributed by atoms with Crippen LogP contribution in [0.3, 0.4) is 0 Å². The molecule has 0 aliphatic heterocycles. The summed E-state index contributed by atoms with van der Waals surface area (Å²) in [5.41, 5.74) is -0.365. The number of carbonyl (C=O) groups is 1. The first-order valence-electron chi connectivity index (χ1n) is 6.63. The largest absolute Gasteiger partial charge is 0.375 e. The van der Waals surface area contributed by atoms with E-state index < -0.39 is 0 Å². The first-order chi connectivity index (χ1) is 7.73. The molecule has 0 rings (SSSR count). The van der Waals surface area contributed by atoms with E-state index in [1.54, 1.807) is 0 Å². The molecule has 0 aromatic rings. The minimum absolute atomic E-state index is 0.0771. The molecule has 1 amide bonds. The van der Waals surface area contributed by atoms with Crippen molar-refractivity contribution in [3.05, 3.63) is 0 Å². The lowest BCUT2D eigenvalue weighted by Gasteiger charge is -2.25. The topological polar surface area (TPSA) is 38.3 Å². The van der Waals surface area contributed by atoms with Gasteiger partial charge in [-0.05, 0) is 32.1 Å². The average Bonchev–Trinajstić information content (AvgIpc) is 2.12. The maximum absolute atomic E-state index is 11.7. The lowest BCUT2D eigenvalue weighted by atomic mass is 10.0. The van der Waals surface area contributed by atoms with Crippen LogP contribution in [0.25, 0.3) is 0 Å². The smallest absolute Gasteiger partial charge is 0.222 e. The Bertz CT molecular complexity index is 222. The van der Waals surface area contributed by atoms with E-state index in [4.69, 9.17) is 4.74 Å². The van der Waals surface area contributed by atoms with Crippen LogP contribution >= 0.6 is 0 Å². The molecule has 3 nitrogen and oxygen atoms in total. The van der Waals surface area contributed by atoms with Crippen LogP contribution in [0.4, 0.5) is 0 Å². The molecule has 0 heterocycles. The third-order valence-electron chi connectivity index (χ3n) is 2.48. The Balaban J connectivity index is 3.86. The summed E-state index contributed by atoms with van der Waals surface area (Å²) >= 11 is 0. The predicted molar refractivity (Wildman–Crippen MR) is 72.0 cm³/mol. The normalized spacial score (nSPS) is 12.2. The van der Waals surface area contributed by atoms with Gasteiger partial charge in [0, 0.05) is 13.2 Å². The molecule has 0 aromatic carbocycles. The molecule has 0 spiro atoms. The van der Waals surface area contributed by atoms with Crippen LogP contribution in [0.1, 0.15) is 54.4 Å². The Morgan fingerprint density at radius 2 is 1.76 bits per heavy atom. The van der Waals surface area contributed by atoms with Crippen LogP contribution in [0.15, 0.2) is 0 Å². The van der Waals surface area contributed by atoms with E-state index in [9.17, 15) is 4.79 Å². The number of hydrogen-bond donors (Lipinski definition) is 1. The highest BCUT2D eigenvalue weighted by atomic mass is 16.5. The van der Waals surface area contributed by atoms with Crippen molar-refractivity contribution in [2.45, 2.75) is 60.0 Å². The maximum atomic E-state index is 11.7. The van der Waals surface area contributed by atoms with Gasteiger partial charge in [0.25, 0.3) is 0 Å².